The third-order valence-corrected chi connectivity index (χ3v) is 2.22. The zero-order valence-electron chi connectivity index (χ0n) is 8.83. The van der Waals surface area contributed by atoms with Crippen LogP contribution in [0.25, 0.3) is 0 Å². The largest absolute Gasteiger partial charge is 0.481 e. The summed E-state index contributed by atoms with van der Waals surface area (Å²) in [5.74, 6) is -1.04. The van der Waals surface area contributed by atoms with Gasteiger partial charge in [-0.2, -0.15) is 0 Å². The van der Waals surface area contributed by atoms with Crippen LogP contribution >= 0.6 is 0 Å². The van der Waals surface area contributed by atoms with Crippen LogP contribution in [0.2, 0.25) is 0 Å². The van der Waals surface area contributed by atoms with E-state index in [-0.39, 0.29) is 29.0 Å². The first-order valence-corrected chi connectivity index (χ1v) is 4.49. The van der Waals surface area contributed by atoms with Crippen molar-refractivity contribution in [2.45, 2.75) is 19.8 Å². The Morgan fingerprint density at radius 2 is 2.25 bits per heavy atom. The van der Waals surface area contributed by atoms with Crippen LogP contribution in [0.5, 0.6) is 5.88 Å². The van der Waals surface area contributed by atoms with Crippen molar-refractivity contribution in [3.63, 3.8) is 0 Å². The third kappa shape index (κ3) is 2.44. The molecule has 0 amide bonds. The Labute approximate surface area is 90.9 Å². The van der Waals surface area contributed by atoms with Gasteiger partial charge >= 0.3 is 5.97 Å². The van der Waals surface area contributed by atoms with Gasteiger partial charge in [-0.15, -0.1) is 0 Å². The molecule has 0 spiro atoms. The molecular formula is C10H11F2NO3. The molecule has 1 aromatic heterocycles. The third-order valence-electron chi connectivity index (χ3n) is 2.22. The van der Waals surface area contributed by atoms with Crippen LogP contribution in [-0.4, -0.2) is 23.2 Å². The van der Waals surface area contributed by atoms with Crippen LogP contribution in [-0.2, 0) is 11.2 Å². The van der Waals surface area contributed by atoms with Crippen molar-refractivity contribution in [2.75, 3.05) is 7.11 Å². The lowest BCUT2D eigenvalue weighted by Gasteiger charge is -2.12. The van der Waals surface area contributed by atoms with Crippen LogP contribution in [0.4, 0.5) is 8.78 Å². The van der Waals surface area contributed by atoms with Crippen molar-refractivity contribution in [3.05, 3.63) is 22.9 Å². The number of aliphatic carboxylic acids is 1. The van der Waals surface area contributed by atoms with Crippen molar-refractivity contribution < 1.29 is 23.4 Å². The van der Waals surface area contributed by atoms with E-state index < -0.39 is 12.4 Å². The fourth-order valence-corrected chi connectivity index (χ4v) is 1.39. The van der Waals surface area contributed by atoms with Gasteiger partial charge in [-0.25, -0.2) is 13.8 Å². The Morgan fingerprint density at radius 1 is 1.62 bits per heavy atom. The smallest absolute Gasteiger partial charge is 0.308 e. The fourth-order valence-electron chi connectivity index (χ4n) is 1.39. The first kappa shape index (κ1) is 12.4. The molecule has 0 atom stereocenters. The maximum atomic E-state index is 12.6. The molecule has 0 saturated heterocycles. The number of pyridine rings is 1. The van der Waals surface area contributed by atoms with E-state index in [1.807, 2.05) is 0 Å². The van der Waals surface area contributed by atoms with E-state index in [2.05, 4.69) is 4.98 Å². The van der Waals surface area contributed by atoms with E-state index in [9.17, 15) is 13.6 Å². The SMILES string of the molecule is COc1ncc(C(F)F)c(C)c1CC(=O)O. The van der Waals surface area contributed by atoms with Crippen molar-refractivity contribution in [1.82, 2.24) is 4.98 Å². The molecule has 0 fully saturated rings. The molecule has 0 bridgehead atoms. The van der Waals surface area contributed by atoms with E-state index in [0.29, 0.717) is 0 Å². The normalized spacial score (nSPS) is 10.6. The lowest BCUT2D eigenvalue weighted by atomic mass is 10.0. The number of halogens is 2. The van der Waals surface area contributed by atoms with Gasteiger partial charge in [0.25, 0.3) is 6.43 Å². The summed E-state index contributed by atoms with van der Waals surface area (Å²) in [6, 6.07) is 0. The topological polar surface area (TPSA) is 59.4 Å². The Bertz CT molecular complexity index is 407. The molecule has 16 heavy (non-hydrogen) atoms. The number of alkyl halides is 2. The number of carboxylic acid groups (broad SMARTS) is 1. The number of hydrogen-bond acceptors (Lipinski definition) is 3. The molecule has 1 aromatic rings. The Morgan fingerprint density at radius 3 is 2.69 bits per heavy atom. The molecule has 0 aliphatic rings. The summed E-state index contributed by atoms with van der Waals surface area (Å²) in [4.78, 5) is 14.3. The van der Waals surface area contributed by atoms with Crippen LogP contribution in [0.3, 0.4) is 0 Å². The van der Waals surface area contributed by atoms with E-state index in [4.69, 9.17) is 9.84 Å². The summed E-state index contributed by atoms with van der Waals surface area (Å²) < 4.78 is 29.9. The van der Waals surface area contributed by atoms with Gasteiger partial charge in [-0.05, 0) is 12.5 Å². The number of carbonyl (C=O) groups is 1. The second-order valence-corrected chi connectivity index (χ2v) is 3.20. The number of carboxylic acids is 1. The van der Waals surface area contributed by atoms with Gasteiger partial charge in [-0.3, -0.25) is 4.79 Å². The van der Waals surface area contributed by atoms with E-state index >= 15 is 0 Å². The van der Waals surface area contributed by atoms with Gasteiger partial charge in [0, 0.05) is 17.3 Å². The molecular weight excluding hydrogens is 220 g/mol. The summed E-state index contributed by atoms with van der Waals surface area (Å²) >= 11 is 0. The maximum Gasteiger partial charge on any atom is 0.308 e. The highest BCUT2D eigenvalue weighted by atomic mass is 19.3. The van der Waals surface area contributed by atoms with Crippen LogP contribution in [0, 0.1) is 6.92 Å². The van der Waals surface area contributed by atoms with Gasteiger partial charge in [0.2, 0.25) is 5.88 Å². The first-order valence-electron chi connectivity index (χ1n) is 4.49. The van der Waals surface area contributed by atoms with Crippen LogP contribution in [0.15, 0.2) is 6.20 Å². The molecule has 1 rings (SSSR count). The van der Waals surface area contributed by atoms with Gasteiger partial charge in [0.05, 0.1) is 13.5 Å². The van der Waals surface area contributed by atoms with Gasteiger partial charge in [0.1, 0.15) is 0 Å². The van der Waals surface area contributed by atoms with Gasteiger partial charge in [-0.1, -0.05) is 0 Å². The Balaban J connectivity index is 3.28. The van der Waals surface area contributed by atoms with Crippen LogP contribution < -0.4 is 4.74 Å². The number of rotatable bonds is 4. The first-order chi connectivity index (χ1) is 7.47. The van der Waals surface area contributed by atoms with Crippen molar-refractivity contribution in [1.29, 1.82) is 0 Å². The number of nitrogens with zero attached hydrogens (tertiary/aromatic N) is 1. The Kier molecular flexibility index (Phi) is 3.76. The zero-order chi connectivity index (χ0) is 12.3. The molecule has 0 aliphatic carbocycles. The van der Waals surface area contributed by atoms with Crippen molar-refractivity contribution in [2.24, 2.45) is 0 Å². The molecule has 6 heteroatoms. The summed E-state index contributed by atoms with van der Waals surface area (Å²) in [6.45, 7) is 1.43. The van der Waals surface area contributed by atoms with E-state index in [1.165, 1.54) is 14.0 Å². The number of aromatic nitrogens is 1. The van der Waals surface area contributed by atoms with Gasteiger partial charge < -0.3 is 9.84 Å². The highest BCUT2D eigenvalue weighted by Gasteiger charge is 2.19. The molecule has 1 heterocycles. The highest BCUT2D eigenvalue weighted by Crippen LogP contribution is 2.29. The quantitative estimate of drug-likeness (QED) is 0.860. The monoisotopic (exact) mass is 231 g/mol. The number of hydrogen-bond donors (Lipinski definition) is 1. The lowest BCUT2D eigenvalue weighted by molar-refractivity contribution is -0.136. The zero-order valence-corrected chi connectivity index (χ0v) is 8.83. The summed E-state index contributed by atoms with van der Waals surface area (Å²) in [5, 5.41) is 8.67. The van der Waals surface area contributed by atoms with E-state index in [1.54, 1.807) is 0 Å². The fraction of sp³-hybridized carbons (Fsp3) is 0.400. The predicted molar refractivity (Wildman–Crippen MR) is 51.8 cm³/mol. The molecule has 0 aromatic carbocycles. The molecule has 1 N–H and O–H groups in total. The number of methoxy groups -OCH3 is 1. The molecule has 4 nitrogen and oxygen atoms in total. The average molecular weight is 231 g/mol. The standard InChI is InChI=1S/C10H11F2NO3/c1-5-6(3-8(14)15)10(16-2)13-4-7(5)9(11)12/h4,9H,3H2,1-2H3,(H,14,15). The predicted octanol–water partition coefficient (Wildman–Crippen LogP) is 1.96. The average Bonchev–Trinajstić information content (AvgIpc) is 2.19. The minimum atomic E-state index is -2.68. The molecule has 0 radical (unpaired) electrons. The molecule has 0 saturated carbocycles. The maximum absolute atomic E-state index is 12.6. The van der Waals surface area contributed by atoms with Crippen molar-refractivity contribution in [3.8, 4) is 5.88 Å². The summed E-state index contributed by atoms with van der Waals surface area (Å²) in [5.41, 5.74) is 0.133. The van der Waals surface area contributed by atoms with Gasteiger partial charge in [0.15, 0.2) is 0 Å². The molecule has 0 aliphatic heterocycles. The minimum Gasteiger partial charge on any atom is -0.481 e. The summed E-state index contributed by atoms with van der Waals surface area (Å²) in [7, 11) is 1.31. The summed E-state index contributed by atoms with van der Waals surface area (Å²) in [6.07, 6.45) is -2.06. The Hall–Kier alpha value is -1.72. The second-order valence-electron chi connectivity index (χ2n) is 3.20. The highest BCUT2D eigenvalue weighted by molar-refractivity contribution is 5.72. The molecule has 0 unspecified atom stereocenters. The molecule has 88 valence electrons. The number of ether oxygens (including phenoxy) is 1. The van der Waals surface area contributed by atoms with Crippen molar-refractivity contribution >= 4 is 5.97 Å². The van der Waals surface area contributed by atoms with Crippen LogP contribution in [0.1, 0.15) is 23.1 Å². The minimum absolute atomic E-state index is 0.0734. The lowest BCUT2D eigenvalue weighted by Crippen LogP contribution is -2.08. The van der Waals surface area contributed by atoms with E-state index in [0.717, 1.165) is 6.20 Å². The second kappa shape index (κ2) is 4.87.